The first-order valence-electron chi connectivity index (χ1n) is 13.9. The standard InChI is InChI=1S/C20H12O5.C12H18N2O5.2CH4/c21-11-5-7-15-17(9-11)25-18-10-12(22)6-8-16(18)19(15)13-3-1-2-4-14(13)20(23)24;1-9(15)13-8-4-2-3-5-12(18)19-14-10(16)6-7-11(14)17;;/h1-10,21H,(H,23,24);2-8H2,1H3,(H,13,15);2*1H4. The molecule has 2 aliphatic heterocycles. The summed E-state index contributed by atoms with van der Waals surface area (Å²) in [6.45, 7) is 2.02. The third-order valence-corrected chi connectivity index (χ3v) is 6.73. The van der Waals surface area contributed by atoms with Crippen LogP contribution in [0.4, 0.5) is 0 Å². The molecule has 2 aromatic carbocycles. The van der Waals surface area contributed by atoms with Crippen LogP contribution >= 0.6 is 0 Å². The molecule has 46 heavy (non-hydrogen) atoms. The topological polar surface area (TPSA) is 181 Å². The number of aromatic hydroxyl groups is 1. The average Bonchev–Trinajstić information content (AvgIpc) is 3.29. The van der Waals surface area contributed by atoms with Gasteiger partial charge < -0.3 is 24.8 Å². The monoisotopic (exact) mass is 634 g/mol. The molecule has 3 N–H and O–H groups in total. The van der Waals surface area contributed by atoms with Gasteiger partial charge in [0.05, 0.1) is 5.56 Å². The molecule has 1 aliphatic carbocycles. The van der Waals surface area contributed by atoms with Crippen LogP contribution in [0.3, 0.4) is 0 Å². The van der Waals surface area contributed by atoms with Gasteiger partial charge in [0.25, 0.3) is 11.8 Å². The van der Waals surface area contributed by atoms with E-state index in [0.29, 0.717) is 51.4 Å². The molecular formula is C34H38N2O10. The van der Waals surface area contributed by atoms with Gasteiger partial charge in [0.15, 0.2) is 5.43 Å². The lowest BCUT2D eigenvalue weighted by Crippen LogP contribution is -2.31. The Morgan fingerprint density at radius 1 is 0.891 bits per heavy atom. The highest BCUT2D eigenvalue weighted by atomic mass is 16.7. The minimum absolute atomic E-state index is 0. The first-order chi connectivity index (χ1) is 21.0. The van der Waals surface area contributed by atoms with Crippen LogP contribution in [0.25, 0.3) is 33.4 Å². The number of carboxylic acid groups (broad SMARTS) is 1. The van der Waals surface area contributed by atoms with E-state index < -0.39 is 23.8 Å². The Bertz CT molecular complexity index is 1740. The van der Waals surface area contributed by atoms with Gasteiger partial charge in [-0.1, -0.05) is 39.5 Å². The van der Waals surface area contributed by atoms with Gasteiger partial charge in [-0.25, -0.2) is 9.59 Å². The molecule has 5 rings (SSSR count). The molecule has 0 bridgehead atoms. The van der Waals surface area contributed by atoms with Crippen LogP contribution in [0.15, 0.2) is 69.9 Å². The van der Waals surface area contributed by atoms with Gasteiger partial charge in [0, 0.05) is 61.4 Å². The number of rotatable bonds is 9. The number of phenolic OH excluding ortho intramolecular Hbond substituents is 1. The molecule has 3 amide bonds. The molecule has 0 unspecified atom stereocenters. The van der Waals surface area contributed by atoms with E-state index in [0.717, 1.165) is 12.8 Å². The van der Waals surface area contributed by atoms with Crippen LogP contribution in [0, 0.1) is 0 Å². The molecular weight excluding hydrogens is 596 g/mol. The van der Waals surface area contributed by atoms with Gasteiger partial charge in [0.1, 0.15) is 17.1 Å². The number of unbranched alkanes of at least 4 members (excludes halogenated alkanes) is 2. The van der Waals surface area contributed by atoms with Gasteiger partial charge in [-0.15, -0.1) is 5.06 Å². The number of hydrogen-bond acceptors (Lipinski definition) is 9. The lowest BCUT2D eigenvalue weighted by Gasteiger charge is -2.16. The van der Waals surface area contributed by atoms with Crippen molar-refractivity contribution >= 4 is 40.6 Å². The van der Waals surface area contributed by atoms with E-state index >= 15 is 0 Å². The van der Waals surface area contributed by atoms with Crippen molar-refractivity contribution in [1.82, 2.24) is 10.4 Å². The number of imide groups is 1. The van der Waals surface area contributed by atoms with Crippen LogP contribution in [0.5, 0.6) is 5.75 Å². The normalized spacial score (nSPS) is 12.1. The number of amides is 3. The second-order valence-electron chi connectivity index (χ2n) is 10.0. The Morgan fingerprint density at radius 2 is 1.59 bits per heavy atom. The summed E-state index contributed by atoms with van der Waals surface area (Å²) < 4.78 is 5.76. The lowest BCUT2D eigenvalue weighted by atomic mass is 9.91. The highest BCUT2D eigenvalue weighted by molar-refractivity contribution is 6.07. The summed E-state index contributed by atoms with van der Waals surface area (Å²) in [4.78, 5) is 72.4. The van der Waals surface area contributed by atoms with Crippen LogP contribution < -0.4 is 10.7 Å². The van der Waals surface area contributed by atoms with E-state index in [2.05, 4.69) is 5.32 Å². The van der Waals surface area contributed by atoms with Crippen molar-refractivity contribution in [1.29, 1.82) is 0 Å². The number of carbonyl (C=O) groups is 5. The number of carbonyl (C=O) groups excluding carboxylic acids is 4. The first kappa shape index (κ1) is 36.7. The molecule has 12 nitrogen and oxygen atoms in total. The third-order valence-electron chi connectivity index (χ3n) is 6.73. The summed E-state index contributed by atoms with van der Waals surface area (Å²) >= 11 is 0. The van der Waals surface area contributed by atoms with Crippen molar-refractivity contribution in [3.8, 4) is 28.2 Å². The van der Waals surface area contributed by atoms with Crippen molar-refractivity contribution in [2.75, 3.05) is 6.54 Å². The van der Waals surface area contributed by atoms with Crippen LogP contribution in [0.1, 0.15) is 70.7 Å². The van der Waals surface area contributed by atoms with Crippen LogP contribution in [0.2, 0.25) is 0 Å². The quantitative estimate of drug-likeness (QED) is 0.120. The zero-order valence-corrected chi connectivity index (χ0v) is 23.8. The summed E-state index contributed by atoms with van der Waals surface area (Å²) in [6, 6.07) is 15.7. The molecule has 0 saturated carbocycles. The zero-order valence-electron chi connectivity index (χ0n) is 23.8. The average molecular weight is 635 g/mol. The number of hydroxylamine groups is 2. The molecule has 3 aliphatic rings. The highest BCUT2D eigenvalue weighted by Crippen LogP contribution is 2.41. The molecule has 244 valence electrons. The Kier molecular flexibility index (Phi) is 13.2. The summed E-state index contributed by atoms with van der Waals surface area (Å²) in [6.07, 6.45) is 2.48. The number of benzene rings is 3. The number of nitrogens with one attached hydrogen (secondary N) is 1. The van der Waals surface area contributed by atoms with E-state index in [-0.39, 0.29) is 56.8 Å². The summed E-state index contributed by atoms with van der Waals surface area (Å²) in [5, 5.41) is 23.1. The molecule has 0 spiro atoms. The molecule has 12 heteroatoms. The van der Waals surface area contributed by atoms with E-state index in [1.807, 2.05) is 0 Å². The molecule has 1 fully saturated rings. The number of phenols is 1. The second kappa shape index (κ2) is 16.5. The van der Waals surface area contributed by atoms with E-state index in [1.54, 1.807) is 30.3 Å². The first-order valence-corrected chi connectivity index (χ1v) is 13.9. The summed E-state index contributed by atoms with van der Waals surface area (Å²) in [7, 11) is 0. The summed E-state index contributed by atoms with van der Waals surface area (Å²) in [5.41, 5.74) is 2.10. The zero-order chi connectivity index (χ0) is 31.8. The van der Waals surface area contributed by atoms with Gasteiger partial charge in [-0.3, -0.25) is 19.2 Å². The second-order valence-corrected chi connectivity index (χ2v) is 10.0. The van der Waals surface area contributed by atoms with Crippen molar-refractivity contribution in [2.24, 2.45) is 0 Å². The van der Waals surface area contributed by atoms with Gasteiger partial charge >= 0.3 is 11.9 Å². The fourth-order valence-electron chi connectivity index (χ4n) is 4.68. The molecule has 0 radical (unpaired) electrons. The van der Waals surface area contributed by atoms with Crippen LogP contribution in [-0.2, 0) is 24.0 Å². The van der Waals surface area contributed by atoms with Crippen molar-refractivity contribution in [2.45, 2.75) is 60.3 Å². The predicted molar refractivity (Wildman–Crippen MR) is 171 cm³/mol. The van der Waals surface area contributed by atoms with Gasteiger partial charge in [-0.2, -0.15) is 0 Å². The Hall–Kier alpha value is -5.52. The van der Waals surface area contributed by atoms with Crippen LogP contribution in [-0.4, -0.2) is 51.5 Å². The Morgan fingerprint density at radius 3 is 2.26 bits per heavy atom. The molecule has 1 saturated heterocycles. The molecule has 0 aromatic heterocycles. The van der Waals surface area contributed by atoms with E-state index in [1.165, 1.54) is 37.3 Å². The maximum Gasteiger partial charge on any atom is 0.336 e. The van der Waals surface area contributed by atoms with Crippen molar-refractivity contribution in [3.05, 3.63) is 76.5 Å². The number of hydrogen-bond donors (Lipinski definition) is 3. The fourth-order valence-corrected chi connectivity index (χ4v) is 4.68. The smallest absolute Gasteiger partial charge is 0.336 e. The van der Waals surface area contributed by atoms with Gasteiger partial charge in [-0.05, 0) is 48.7 Å². The largest absolute Gasteiger partial charge is 0.508 e. The van der Waals surface area contributed by atoms with Crippen molar-refractivity contribution < 1.29 is 43.4 Å². The minimum atomic E-state index is -1.04. The predicted octanol–water partition coefficient (Wildman–Crippen LogP) is 5.53. The van der Waals surface area contributed by atoms with Crippen molar-refractivity contribution in [3.63, 3.8) is 0 Å². The van der Waals surface area contributed by atoms with E-state index in [9.17, 15) is 39.0 Å². The Labute approximate surface area is 265 Å². The number of nitrogens with zero attached hydrogens (tertiary/aromatic N) is 1. The maximum absolute atomic E-state index is 11.7. The number of fused-ring (bicyclic) bond motifs is 2. The Balaban J connectivity index is 0.000000319. The molecule has 2 aromatic rings. The highest BCUT2D eigenvalue weighted by Gasteiger charge is 2.32. The number of carboxylic acids is 1. The fraction of sp³-hybridized carbons (Fsp3) is 0.294. The minimum Gasteiger partial charge on any atom is -0.508 e. The molecule has 0 atom stereocenters. The number of aromatic carboxylic acids is 1. The third kappa shape index (κ3) is 9.00. The summed E-state index contributed by atoms with van der Waals surface area (Å²) in [5.74, 6) is -2.29. The van der Waals surface area contributed by atoms with Gasteiger partial charge in [0.2, 0.25) is 5.91 Å². The SMILES string of the molecule is C.C.CC(=O)NCCCCCC(=O)ON1C(=O)CCC1=O.O=C(O)c1ccccc1-c1c2ccc(=O)cc-2oc2cc(O)ccc12. The lowest BCUT2D eigenvalue weighted by molar-refractivity contribution is -0.197. The maximum atomic E-state index is 11.7. The molecule has 2 heterocycles. The van der Waals surface area contributed by atoms with E-state index in [4.69, 9.17) is 9.25 Å².